The number of amides is 2. The van der Waals surface area contributed by atoms with Crippen molar-refractivity contribution < 1.29 is 14.3 Å². The first kappa shape index (κ1) is 20.6. The third-order valence-corrected chi connectivity index (χ3v) is 5.17. The highest BCUT2D eigenvalue weighted by atomic mass is 16.5. The van der Waals surface area contributed by atoms with E-state index in [0.29, 0.717) is 11.4 Å². The smallest absolute Gasteiger partial charge is 0.250 e. The van der Waals surface area contributed by atoms with Crippen LogP contribution in [-0.4, -0.2) is 29.6 Å². The molecule has 6 nitrogen and oxygen atoms in total. The molecule has 1 aromatic heterocycles. The van der Waals surface area contributed by atoms with Gasteiger partial charge in [-0.2, -0.15) is 0 Å². The second-order valence-electron chi connectivity index (χ2n) is 7.45. The third-order valence-electron chi connectivity index (χ3n) is 5.17. The summed E-state index contributed by atoms with van der Waals surface area (Å²) in [6.45, 7) is 4.58. The molecule has 2 N–H and O–H groups in total. The maximum absolute atomic E-state index is 12.3. The van der Waals surface area contributed by atoms with Crippen molar-refractivity contribution >= 4 is 45.0 Å². The molecule has 0 saturated heterocycles. The average molecular weight is 415 g/mol. The molecule has 0 aliphatic rings. The zero-order chi connectivity index (χ0) is 21.8. The van der Waals surface area contributed by atoms with Crippen LogP contribution in [0.25, 0.3) is 21.8 Å². The number of ether oxygens (including phenoxy) is 1. The highest BCUT2D eigenvalue weighted by Crippen LogP contribution is 2.30. The van der Waals surface area contributed by atoms with Gasteiger partial charge in [-0.1, -0.05) is 35.9 Å². The molecule has 4 rings (SSSR count). The van der Waals surface area contributed by atoms with Gasteiger partial charge in [0.15, 0.2) is 0 Å². The molecule has 0 spiro atoms. The van der Waals surface area contributed by atoms with Gasteiger partial charge in [-0.15, -0.1) is 0 Å². The summed E-state index contributed by atoms with van der Waals surface area (Å²) >= 11 is 0. The second-order valence-corrected chi connectivity index (χ2v) is 7.45. The van der Waals surface area contributed by atoms with Crippen LogP contribution < -0.4 is 10.6 Å². The van der Waals surface area contributed by atoms with Gasteiger partial charge in [0.2, 0.25) is 11.8 Å². The van der Waals surface area contributed by atoms with Gasteiger partial charge < -0.3 is 19.9 Å². The summed E-state index contributed by atoms with van der Waals surface area (Å²) < 4.78 is 7.53. The topological polar surface area (TPSA) is 72.4 Å². The van der Waals surface area contributed by atoms with Crippen LogP contribution in [0.3, 0.4) is 0 Å². The summed E-state index contributed by atoms with van der Waals surface area (Å²) in [7, 11) is 0. The van der Waals surface area contributed by atoms with Crippen molar-refractivity contribution in [1.82, 2.24) is 4.57 Å². The first-order chi connectivity index (χ1) is 15.0. The fourth-order valence-electron chi connectivity index (χ4n) is 3.74. The molecule has 31 heavy (non-hydrogen) atoms. The predicted molar refractivity (Wildman–Crippen MR) is 124 cm³/mol. The maximum atomic E-state index is 12.3. The van der Waals surface area contributed by atoms with Crippen LogP contribution in [0.15, 0.2) is 66.7 Å². The Balaban J connectivity index is 1.35. The Bertz CT molecular complexity index is 1240. The quantitative estimate of drug-likeness (QED) is 0.459. The Kier molecular flexibility index (Phi) is 6.00. The van der Waals surface area contributed by atoms with Crippen molar-refractivity contribution in [3.8, 4) is 0 Å². The Morgan fingerprint density at radius 1 is 0.806 bits per heavy atom. The second kappa shape index (κ2) is 9.02. The van der Waals surface area contributed by atoms with Crippen LogP contribution in [0.5, 0.6) is 0 Å². The molecule has 0 aliphatic heterocycles. The van der Waals surface area contributed by atoms with E-state index in [1.165, 1.54) is 5.52 Å². The van der Waals surface area contributed by atoms with Crippen molar-refractivity contribution in [3.05, 3.63) is 72.3 Å². The molecule has 158 valence electrons. The number of benzene rings is 3. The van der Waals surface area contributed by atoms with Gasteiger partial charge in [-0.05, 0) is 50.2 Å². The van der Waals surface area contributed by atoms with Gasteiger partial charge in [0.25, 0.3) is 0 Å². The molecule has 0 atom stereocenters. The number of aryl methyl sites for hydroxylation is 2. The highest BCUT2D eigenvalue weighted by molar-refractivity contribution is 6.09. The molecule has 0 saturated carbocycles. The number of para-hydroxylation sites is 1. The van der Waals surface area contributed by atoms with Crippen LogP contribution in [0.2, 0.25) is 0 Å². The van der Waals surface area contributed by atoms with Gasteiger partial charge in [0.05, 0.1) is 0 Å². The predicted octanol–water partition coefficient (Wildman–Crippen LogP) is 4.72. The van der Waals surface area contributed by atoms with E-state index in [4.69, 9.17) is 4.74 Å². The fourth-order valence-corrected chi connectivity index (χ4v) is 3.74. The Labute approximate surface area is 180 Å². The number of hydrogen-bond acceptors (Lipinski definition) is 3. The molecule has 1 heterocycles. The zero-order valence-corrected chi connectivity index (χ0v) is 17.6. The zero-order valence-electron chi connectivity index (χ0n) is 17.6. The normalized spacial score (nSPS) is 11.0. The van der Waals surface area contributed by atoms with Gasteiger partial charge in [0.1, 0.15) is 13.2 Å². The molecule has 0 fully saturated rings. The molecule has 0 unspecified atom stereocenters. The lowest BCUT2D eigenvalue weighted by Gasteiger charge is -2.08. The van der Waals surface area contributed by atoms with Crippen molar-refractivity contribution in [3.63, 3.8) is 0 Å². The minimum absolute atomic E-state index is 0.190. The van der Waals surface area contributed by atoms with E-state index >= 15 is 0 Å². The summed E-state index contributed by atoms with van der Waals surface area (Å²) in [5.74, 6) is -0.604. The first-order valence-corrected chi connectivity index (χ1v) is 10.3. The molecule has 4 aromatic rings. The lowest BCUT2D eigenvalue weighted by molar-refractivity contribution is -0.125. The van der Waals surface area contributed by atoms with Crippen molar-refractivity contribution in [2.75, 3.05) is 23.8 Å². The van der Waals surface area contributed by atoms with E-state index in [1.807, 2.05) is 61.5 Å². The van der Waals surface area contributed by atoms with Gasteiger partial charge in [-0.3, -0.25) is 9.59 Å². The van der Waals surface area contributed by atoms with Crippen LogP contribution in [0.4, 0.5) is 11.4 Å². The van der Waals surface area contributed by atoms with Gasteiger partial charge in [0, 0.05) is 39.7 Å². The third kappa shape index (κ3) is 4.59. The number of carbonyl (C=O) groups excluding carboxylic acids is 2. The summed E-state index contributed by atoms with van der Waals surface area (Å²) in [6.07, 6.45) is 0. The van der Waals surface area contributed by atoms with E-state index < -0.39 is 0 Å². The number of carbonyl (C=O) groups is 2. The lowest BCUT2D eigenvalue weighted by atomic mass is 10.1. The number of anilines is 2. The number of fused-ring (bicyclic) bond motifs is 3. The Morgan fingerprint density at radius 3 is 2.13 bits per heavy atom. The summed E-state index contributed by atoms with van der Waals surface area (Å²) in [6, 6.07) is 21.6. The summed E-state index contributed by atoms with van der Waals surface area (Å²) in [5.41, 5.74) is 4.81. The number of rotatable bonds is 7. The average Bonchev–Trinajstić information content (AvgIpc) is 3.08. The van der Waals surface area contributed by atoms with E-state index in [-0.39, 0.29) is 25.0 Å². The van der Waals surface area contributed by atoms with E-state index in [2.05, 4.69) is 34.3 Å². The summed E-state index contributed by atoms with van der Waals surface area (Å²) in [5, 5.41) is 7.83. The van der Waals surface area contributed by atoms with Crippen molar-refractivity contribution in [1.29, 1.82) is 0 Å². The molecular weight excluding hydrogens is 390 g/mol. The minimum Gasteiger partial charge on any atom is -0.362 e. The van der Waals surface area contributed by atoms with Crippen LogP contribution >= 0.6 is 0 Å². The van der Waals surface area contributed by atoms with Gasteiger partial charge in [-0.25, -0.2) is 0 Å². The fraction of sp³-hybridized carbons (Fsp3) is 0.200. The molecule has 0 bridgehead atoms. The standard InChI is InChI=1S/C25H25N3O3/c1-3-28-22-7-5-4-6-20(22)21-14-19(12-13-23(21)28)27-25(30)16-31-15-24(29)26-18-10-8-17(2)9-11-18/h4-14H,3,15-16H2,1-2H3,(H,26,29)(H,27,30). The largest absolute Gasteiger partial charge is 0.362 e. The van der Waals surface area contributed by atoms with Crippen LogP contribution in [-0.2, 0) is 20.9 Å². The maximum Gasteiger partial charge on any atom is 0.250 e. The van der Waals surface area contributed by atoms with Crippen molar-refractivity contribution in [2.45, 2.75) is 20.4 Å². The molecule has 6 heteroatoms. The van der Waals surface area contributed by atoms with E-state index in [0.717, 1.165) is 28.4 Å². The van der Waals surface area contributed by atoms with Gasteiger partial charge >= 0.3 is 0 Å². The Hall–Kier alpha value is -3.64. The molecule has 0 aliphatic carbocycles. The monoisotopic (exact) mass is 415 g/mol. The lowest BCUT2D eigenvalue weighted by Crippen LogP contribution is -2.23. The van der Waals surface area contributed by atoms with E-state index in [9.17, 15) is 9.59 Å². The summed E-state index contributed by atoms with van der Waals surface area (Å²) in [4.78, 5) is 24.2. The number of aromatic nitrogens is 1. The number of nitrogens with zero attached hydrogens (tertiary/aromatic N) is 1. The molecule has 3 aromatic carbocycles. The highest BCUT2D eigenvalue weighted by Gasteiger charge is 2.11. The molecule has 0 radical (unpaired) electrons. The van der Waals surface area contributed by atoms with Crippen LogP contribution in [0.1, 0.15) is 12.5 Å². The van der Waals surface area contributed by atoms with Crippen molar-refractivity contribution in [2.24, 2.45) is 0 Å². The Morgan fingerprint density at radius 2 is 1.42 bits per heavy atom. The van der Waals surface area contributed by atoms with E-state index in [1.54, 1.807) is 0 Å². The molecular formula is C25H25N3O3. The minimum atomic E-state index is -0.304. The first-order valence-electron chi connectivity index (χ1n) is 10.3. The molecule has 2 amide bonds. The van der Waals surface area contributed by atoms with Crippen LogP contribution in [0, 0.1) is 6.92 Å². The number of hydrogen-bond donors (Lipinski definition) is 2. The SMILES string of the molecule is CCn1c2ccccc2c2cc(NC(=O)COCC(=O)Nc3ccc(C)cc3)ccc21. The number of nitrogens with one attached hydrogen (secondary N) is 2.